The molecule has 0 N–H and O–H groups in total. The van der Waals surface area contributed by atoms with Crippen molar-refractivity contribution in [3.05, 3.63) is 101 Å². The Labute approximate surface area is 207 Å². The van der Waals surface area contributed by atoms with E-state index in [0.29, 0.717) is 23.9 Å². The summed E-state index contributed by atoms with van der Waals surface area (Å²) in [5.74, 6) is -0.711. The van der Waals surface area contributed by atoms with Gasteiger partial charge in [0.05, 0.1) is 17.8 Å². The lowest BCUT2D eigenvalue weighted by molar-refractivity contribution is 0.0493. The van der Waals surface area contributed by atoms with E-state index < -0.39 is 5.97 Å². The second-order valence-electron chi connectivity index (χ2n) is 8.48. The first-order valence-electron chi connectivity index (χ1n) is 11.6. The number of halogens is 2. The van der Waals surface area contributed by atoms with E-state index in [-0.39, 0.29) is 11.5 Å². The van der Waals surface area contributed by atoms with Crippen LogP contribution in [0.25, 0.3) is 33.1 Å². The number of hydrogen-bond acceptors (Lipinski definition) is 3. The van der Waals surface area contributed by atoms with E-state index in [0.717, 1.165) is 45.8 Å². The Bertz CT molecular complexity index is 1510. The topological polar surface area (TPSA) is 44.1 Å². The average molecular weight is 487 g/mol. The number of hydrogen-bond donors (Lipinski definition) is 0. The third-order valence-electron chi connectivity index (χ3n) is 6.06. The van der Waals surface area contributed by atoms with E-state index >= 15 is 0 Å². The van der Waals surface area contributed by atoms with E-state index in [1.54, 1.807) is 12.1 Å². The SMILES string of the molecule is CCCCOC(=O)c1cc2c3ccccc3n(Cc3ccc(F)cc3)c2c(-c2ccc(Cl)cc2)n1. The van der Waals surface area contributed by atoms with Gasteiger partial charge in [0, 0.05) is 33.4 Å². The van der Waals surface area contributed by atoms with Gasteiger partial charge in [0.2, 0.25) is 0 Å². The van der Waals surface area contributed by atoms with Gasteiger partial charge in [0.25, 0.3) is 0 Å². The molecule has 5 rings (SSSR count). The van der Waals surface area contributed by atoms with Crippen LogP contribution in [0.4, 0.5) is 4.39 Å². The van der Waals surface area contributed by atoms with E-state index in [2.05, 4.69) is 4.57 Å². The van der Waals surface area contributed by atoms with Crippen molar-refractivity contribution >= 4 is 39.4 Å². The molecule has 0 aliphatic rings. The van der Waals surface area contributed by atoms with Crippen LogP contribution >= 0.6 is 11.6 Å². The van der Waals surface area contributed by atoms with Crippen molar-refractivity contribution in [2.45, 2.75) is 26.3 Å². The predicted molar refractivity (Wildman–Crippen MR) is 138 cm³/mol. The summed E-state index contributed by atoms with van der Waals surface area (Å²) in [5.41, 5.74) is 4.62. The molecule has 0 bridgehead atoms. The molecule has 0 aliphatic carbocycles. The summed E-state index contributed by atoms with van der Waals surface area (Å²) in [6.45, 7) is 2.93. The number of fused-ring (bicyclic) bond motifs is 3. The van der Waals surface area contributed by atoms with E-state index in [9.17, 15) is 9.18 Å². The number of aromatic nitrogens is 2. The molecule has 0 fully saturated rings. The fourth-order valence-electron chi connectivity index (χ4n) is 4.31. The van der Waals surface area contributed by atoms with Crippen LogP contribution in [-0.2, 0) is 11.3 Å². The zero-order chi connectivity index (χ0) is 24.4. The van der Waals surface area contributed by atoms with E-state index in [1.165, 1.54) is 12.1 Å². The molecule has 0 saturated carbocycles. The lowest BCUT2D eigenvalue weighted by atomic mass is 10.1. The largest absolute Gasteiger partial charge is 0.461 e. The van der Waals surface area contributed by atoms with Crippen molar-refractivity contribution in [3.63, 3.8) is 0 Å². The van der Waals surface area contributed by atoms with Crippen molar-refractivity contribution in [2.75, 3.05) is 6.61 Å². The monoisotopic (exact) mass is 486 g/mol. The zero-order valence-electron chi connectivity index (χ0n) is 19.3. The number of pyridine rings is 1. The third kappa shape index (κ3) is 4.64. The summed E-state index contributed by atoms with van der Waals surface area (Å²) in [5, 5.41) is 2.53. The summed E-state index contributed by atoms with van der Waals surface area (Å²) in [7, 11) is 0. The number of para-hydroxylation sites is 1. The van der Waals surface area contributed by atoms with Crippen molar-refractivity contribution < 1.29 is 13.9 Å². The fourth-order valence-corrected chi connectivity index (χ4v) is 4.43. The average Bonchev–Trinajstić information content (AvgIpc) is 3.19. The van der Waals surface area contributed by atoms with Crippen LogP contribution in [0.1, 0.15) is 35.8 Å². The number of nitrogens with zero attached hydrogens (tertiary/aromatic N) is 2. The minimum absolute atomic E-state index is 0.267. The number of ether oxygens (including phenoxy) is 1. The maximum Gasteiger partial charge on any atom is 0.356 e. The highest BCUT2D eigenvalue weighted by Gasteiger charge is 2.21. The molecule has 5 aromatic rings. The van der Waals surface area contributed by atoms with E-state index in [1.807, 2.05) is 61.5 Å². The molecule has 0 unspecified atom stereocenters. The maximum absolute atomic E-state index is 13.5. The smallest absolute Gasteiger partial charge is 0.356 e. The molecule has 3 aromatic carbocycles. The molecule has 35 heavy (non-hydrogen) atoms. The molecule has 2 heterocycles. The maximum atomic E-state index is 13.5. The Morgan fingerprint density at radius 1 is 1.00 bits per heavy atom. The van der Waals surface area contributed by atoms with Gasteiger partial charge in [-0.15, -0.1) is 0 Å². The molecule has 0 amide bonds. The highest BCUT2D eigenvalue weighted by molar-refractivity contribution is 6.30. The summed E-state index contributed by atoms with van der Waals surface area (Å²) < 4.78 is 21.2. The first-order valence-corrected chi connectivity index (χ1v) is 12.0. The fraction of sp³-hybridized carbons (Fsp3) is 0.172. The summed E-state index contributed by atoms with van der Waals surface area (Å²) in [4.78, 5) is 17.7. The van der Waals surface area contributed by atoms with Crippen molar-refractivity contribution in [3.8, 4) is 11.3 Å². The lowest BCUT2D eigenvalue weighted by Crippen LogP contribution is -2.10. The Morgan fingerprint density at radius 2 is 1.74 bits per heavy atom. The molecule has 0 radical (unpaired) electrons. The van der Waals surface area contributed by atoms with Crippen LogP contribution in [0.5, 0.6) is 0 Å². The molecule has 0 spiro atoms. The molecule has 176 valence electrons. The normalized spacial score (nSPS) is 11.3. The van der Waals surface area contributed by atoms with Crippen LogP contribution in [0.2, 0.25) is 5.02 Å². The number of unbranched alkanes of at least 4 members (excludes halogenated alkanes) is 1. The van der Waals surface area contributed by atoms with Crippen LogP contribution in [-0.4, -0.2) is 22.1 Å². The molecule has 2 aromatic heterocycles. The second kappa shape index (κ2) is 9.88. The molecular weight excluding hydrogens is 463 g/mol. The van der Waals surface area contributed by atoms with Crippen molar-refractivity contribution in [2.24, 2.45) is 0 Å². The van der Waals surface area contributed by atoms with Gasteiger partial charge in [-0.1, -0.05) is 67.4 Å². The number of esters is 1. The van der Waals surface area contributed by atoms with Crippen LogP contribution in [0, 0.1) is 5.82 Å². The second-order valence-corrected chi connectivity index (χ2v) is 8.91. The van der Waals surface area contributed by atoms with Gasteiger partial charge in [-0.2, -0.15) is 0 Å². The van der Waals surface area contributed by atoms with Crippen molar-refractivity contribution in [1.29, 1.82) is 0 Å². The van der Waals surface area contributed by atoms with Gasteiger partial charge >= 0.3 is 5.97 Å². The lowest BCUT2D eigenvalue weighted by Gasteiger charge is -2.13. The molecule has 0 atom stereocenters. The highest BCUT2D eigenvalue weighted by Crippen LogP contribution is 2.36. The summed E-state index contributed by atoms with van der Waals surface area (Å²) >= 11 is 6.16. The highest BCUT2D eigenvalue weighted by atomic mass is 35.5. The van der Waals surface area contributed by atoms with Gasteiger partial charge in [-0.25, -0.2) is 14.2 Å². The van der Waals surface area contributed by atoms with Gasteiger partial charge in [0.15, 0.2) is 0 Å². The van der Waals surface area contributed by atoms with Gasteiger partial charge < -0.3 is 9.30 Å². The Balaban J connectivity index is 1.76. The third-order valence-corrected chi connectivity index (χ3v) is 6.31. The Hall–Kier alpha value is -3.70. The number of carbonyl (C=O) groups is 1. The van der Waals surface area contributed by atoms with Gasteiger partial charge in [-0.3, -0.25) is 0 Å². The number of rotatable bonds is 7. The summed E-state index contributed by atoms with van der Waals surface area (Å²) in [6.07, 6.45) is 1.74. The van der Waals surface area contributed by atoms with Crippen LogP contribution < -0.4 is 0 Å². The Kier molecular flexibility index (Phi) is 6.51. The van der Waals surface area contributed by atoms with Crippen molar-refractivity contribution in [1.82, 2.24) is 9.55 Å². The standard InChI is InChI=1S/C29H24ClFN2O2/c1-2-3-16-35-29(34)25-17-24-23-6-4-5-7-26(23)33(18-19-8-14-22(31)15-9-19)28(24)27(32-25)20-10-12-21(30)13-11-20/h4-15,17H,2-3,16,18H2,1H3. The zero-order valence-corrected chi connectivity index (χ0v) is 20.1. The quantitative estimate of drug-likeness (QED) is 0.175. The molecule has 4 nitrogen and oxygen atoms in total. The molecule has 0 aliphatic heterocycles. The van der Waals surface area contributed by atoms with E-state index in [4.69, 9.17) is 21.3 Å². The number of benzene rings is 3. The van der Waals surface area contributed by atoms with Crippen LogP contribution in [0.3, 0.4) is 0 Å². The first kappa shape index (κ1) is 23.1. The summed E-state index contributed by atoms with van der Waals surface area (Å²) in [6, 6.07) is 23.8. The Morgan fingerprint density at radius 3 is 2.49 bits per heavy atom. The van der Waals surface area contributed by atoms with Crippen LogP contribution in [0.15, 0.2) is 78.9 Å². The van der Waals surface area contributed by atoms with Gasteiger partial charge in [-0.05, 0) is 48.4 Å². The first-order chi connectivity index (χ1) is 17.0. The predicted octanol–water partition coefficient (Wildman–Crippen LogP) is 7.65. The van der Waals surface area contributed by atoms with Gasteiger partial charge in [0.1, 0.15) is 11.5 Å². The number of carbonyl (C=O) groups excluding carboxylic acids is 1. The minimum Gasteiger partial charge on any atom is -0.461 e. The molecule has 6 heteroatoms. The molecular formula is C29H24ClFN2O2. The minimum atomic E-state index is -0.439. The molecule has 0 saturated heterocycles.